The molecule has 61 heavy (non-hydrogen) atoms. The molecule has 4 heterocycles. The zero-order valence-electron chi connectivity index (χ0n) is 30.8. The molecule has 8 aromatic rings. The van der Waals surface area contributed by atoms with Crippen LogP contribution in [0.3, 0.4) is 0 Å². The van der Waals surface area contributed by atoms with Crippen molar-refractivity contribution in [2.24, 2.45) is 0 Å². The molecule has 0 amide bonds. The van der Waals surface area contributed by atoms with E-state index in [1.54, 1.807) is 24.3 Å². The van der Waals surface area contributed by atoms with Gasteiger partial charge in [-0.25, -0.2) is 38.4 Å². The highest BCUT2D eigenvalue weighted by Gasteiger charge is 2.21. The van der Waals surface area contributed by atoms with Gasteiger partial charge in [0, 0.05) is 45.8 Å². The molecule has 0 saturated heterocycles. The number of carbonyl (C=O) groups excluding carboxylic acids is 2. The van der Waals surface area contributed by atoms with Gasteiger partial charge in [0.1, 0.15) is 33.8 Å². The van der Waals surface area contributed by atoms with Gasteiger partial charge in [-0.15, -0.1) is 0 Å². The quantitative estimate of drug-likeness (QED) is 0.0924. The molecular weight excluding hydrogens is 804 g/mol. The first-order valence-electron chi connectivity index (χ1n) is 17.7. The summed E-state index contributed by atoms with van der Waals surface area (Å²) in [5, 5.41) is 20.5. The normalized spacial score (nSPS) is 11.1. The molecule has 4 aromatic heterocycles. The van der Waals surface area contributed by atoms with Crippen molar-refractivity contribution in [2.45, 2.75) is 6.42 Å². The van der Waals surface area contributed by atoms with Gasteiger partial charge in [-0.2, -0.15) is 0 Å². The number of hydrogen-bond donors (Lipinski definition) is 2. The maximum atomic E-state index is 13.1. The van der Waals surface area contributed by atoms with Gasteiger partial charge in [0.15, 0.2) is 35.9 Å². The van der Waals surface area contributed by atoms with E-state index in [-0.39, 0.29) is 62.5 Å². The molecule has 0 fully saturated rings. The molecule has 0 saturated carbocycles. The second-order valence-electron chi connectivity index (χ2n) is 13.1. The van der Waals surface area contributed by atoms with Gasteiger partial charge >= 0.3 is 46.4 Å². The average Bonchev–Trinajstić information content (AvgIpc) is 3.21. The molecule has 0 aliphatic heterocycles. The Morgan fingerprint density at radius 1 is 0.475 bits per heavy atom. The van der Waals surface area contributed by atoms with Gasteiger partial charge in [-0.3, -0.25) is 0 Å². The van der Waals surface area contributed by atoms with Crippen molar-refractivity contribution in [3.8, 4) is 23.0 Å². The van der Waals surface area contributed by atoms with Crippen LogP contribution in [0, 0.1) is 0 Å². The SMILES string of the molecule is O=C(COc1ccc2ccc(=O)oc2c1)Oc1cc(Cc2cc(OC(=O)COc3ccc4ccc(=O)oc4c3)c3oc(=O)c(C(=O)O)cc3c2)cc2cc(C(=O)O)c(=O)oc12. The van der Waals surface area contributed by atoms with Crippen LogP contribution >= 0.6 is 0 Å². The standard InChI is InChI=1S/C43H24O18/c44-34-7-3-22-1-5-26(16-30(22)56-34)54-18-36(46)58-32-12-20(10-24-14-28(40(48)49)42(52)60-38(24)32)9-21-11-25-15-29(41(50)51)43(53)61-39(25)33(13-21)59-37(47)19-55-27-6-2-23-4-8-35(45)57-31(23)17-27/h1-8,10-17H,9,18-19H2,(H,48,49)(H,50,51). The van der Waals surface area contributed by atoms with Crippen molar-refractivity contribution in [3.63, 3.8) is 0 Å². The minimum atomic E-state index is -1.59. The summed E-state index contributed by atoms with van der Waals surface area (Å²) in [6, 6.07) is 22.2. The number of carboxylic acid groups (broad SMARTS) is 2. The second kappa shape index (κ2) is 15.9. The zero-order chi connectivity index (χ0) is 42.9. The molecule has 0 bridgehead atoms. The Hall–Kier alpha value is -8.80. The van der Waals surface area contributed by atoms with E-state index in [0.717, 1.165) is 12.1 Å². The third-order valence-electron chi connectivity index (χ3n) is 8.93. The van der Waals surface area contributed by atoms with E-state index < -0.39 is 70.7 Å². The van der Waals surface area contributed by atoms with Crippen molar-refractivity contribution in [1.29, 1.82) is 0 Å². The van der Waals surface area contributed by atoms with Gasteiger partial charge in [0.25, 0.3) is 0 Å². The molecule has 4 aromatic carbocycles. The number of carboxylic acids is 2. The molecule has 18 heteroatoms. The van der Waals surface area contributed by atoms with E-state index in [1.807, 2.05) is 0 Å². The molecule has 8 rings (SSSR count). The Balaban J connectivity index is 1.10. The lowest BCUT2D eigenvalue weighted by atomic mass is 10.00. The molecular formula is C43H24O18. The minimum Gasteiger partial charge on any atom is -0.482 e. The van der Waals surface area contributed by atoms with Crippen LogP contribution < -0.4 is 41.4 Å². The number of esters is 2. The third kappa shape index (κ3) is 8.44. The van der Waals surface area contributed by atoms with Crippen molar-refractivity contribution in [3.05, 3.63) is 161 Å². The van der Waals surface area contributed by atoms with E-state index in [0.29, 0.717) is 21.9 Å². The van der Waals surface area contributed by atoms with Crippen LogP contribution in [0.1, 0.15) is 31.8 Å². The Kier molecular flexibility index (Phi) is 10.2. The Morgan fingerprint density at radius 2 is 0.885 bits per heavy atom. The van der Waals surface area contributed by atoms with Crippen LogP contribution in [0.2, 0.25) is 0 Å². The number of hydrogen-bond acceptors (Lipinski definition) is 16. The van der Waals surface area contributed by atoms with E-state index in [9.17, 15) is 48.6 Å². The van der Waals surface area contributed by atoms with Crippen LogP contribution in [0.15, 0.2) is 134 Å². The first kappa shape index (κ1) is 39.0. The van der Waals surface area contributed by atoms with Crippen LogP contribution in [0.5, 0.6) is 23.0 Å². The smallest absolute Gasteiger partial charge is 0.351 e. The van der Waals surface area contributed by atoms with Gasteiger partial charge in [-0.1, -0.05) is 0 Å². The van der Waals surface area contributed by atoms with Crippen molar-refractivity contribution >= 4 is 67.8 Å². The summed E-state index contributed by atoms with van der Waals surface area (Å²) in [5.74, 6) is -5.46. The lowest BCUT2D eigenvalue weighted by Crippen LogP contribution is -2.19. The van der Waals surface area contributed by atoms with E-state index >= 15 is 0 Å². The third-order valence-corrected chi connectivity index (χ3v) is 8.93. The Morgan fingerprint density at radius 3 is 1.30 bits per heavy atom. The molecule has 0 spiro atoms. The van der Waals surface area contributed by atoms with Crippen LogP contribution in [0.25, 0.3) is 43.9 Å². The van der Waals surface area contributed by atoms with Gasteiger partial charge in [-0.05, 0) is 90.3 Å². The topological polar surface area (TPSA) is 266 Å². The fourth-order valence-corrected chi connectivity index (χ4v) is 6.26. The van der Waals surface area contributed by atoms with Crippen molar-refractivity contribution in [1.82, 2.24) is 0 Å². The number of rotatable bonds is 12. The summed E-state index contributed by atoms with van der Waals surface area (Å²) in [7, 11) is 0. The van der Waals surface area contributed by atoms with Crippen LogP contribution in [-0.4, -0.2) is 47.3 Å². The highest BCUT2D eigenvalue weighted by molar-refractivity contribution is 5.95. The predicted molar refractivity (Wildman–Crippen MR) is 209 cm³/mol. The number of benzene rings is 4. The lowest BCUT2D eigenvalue weighted by Gasteiger charge is -2.13. The summed E-state index contributed by atoms with van der Waals surface area (Å²) < 4.78 is 43.0. The molecule has 0 atom stereocenters. The molecule has 0 radical (unpaired) electrons. The van der Waals surface area contributed by atoms with Gasteiger partial charge in [0.2, 0.25) is 0 Å². The van der Waals surface area contributed by atoms with Crippen LogP contribution in [0.4, 0.5) is 0 Å². The highest BCUT2D eigenvalue weighted by Crippen LogP contribution is 2.33. The van der Waals surface area contributed by atoms with Crippen molar-refractivity contribution in [2.75, 3.05) is 13.2 Å². The molecule has 0 aliphatic rings. The summed E-state index contributed by atoms with van der Waals surface area (Å²) in [4.78, 5) is 98.4. The zero-order valence-corrected chi connectivity index (χ0v) is 30.8. The Bertz CT molecular complexity index is 3160. The van der Waals surface area contributed by atoms with E-state index in [1.165, 1.54) is 60.7 Å². The number of carbonyl (C=O) groups is 4. The summed E-state index contributed by atoms with van der Waals surface area (Å²) in [6.07, 6.45) is -0.109. The molecule has 2 N–H and O–H groups in total. The summed E-state index contributed by atoms with van der Waals surface area (Å²) in [5.41, 5.74) is -4.64. The van der Waals surface area contributed by atoms with E-state index in [2.05, 4.69) is 0 Å². The summed E-state index contributed by atoms with van der Waals surface area (Å²) in [6.45, 7) is -1.35. The van der Waals surface area contributed by atoms with Crippen LogP contribution in [-0.2, 0) is 16.0 Å². The number of aromatic carboxylic acids is 2. The molecule has 0 aliphatic carbocycles. The second-order valence-corrected chi connectivity index (χ2v) is 13.1. The number of ether oxygens (including phenoxy) is 4. The molecule has 304 valence electrons. The number of fused-ring (bicyclic) bond motifs is 4. The largest absolute Gasteiger partial charge is 0.482 e. The first-order valence-corrected chi connectivity index (χ1v) is 17.7. The highest BCUT2D eigenvalue weighted by atomic mass is 16.6. The maximum Gasteiger partial charge on any atom is 0.351 e. The fourth-order valence-electron chi connectivity index (χ4n) is 6.26. The first-order chi connectivity index (χ1) is 29.3. The minimum absolute atomic E-state index is 0.0273. The fraction of sp³-hybridized carbons (Fsp3) is 0.0698. The van der Waals surface area contributed by atoms with Gasteiger partial charge < -0.3 is 46.8 Å². The van der Waals surface area contributed by atoms with E-state index in [4.69, 9.17) is 36.6 Å². The molecule has 18 nitrogen and oxygen atoms in total. The summed E-state index contributed by atoms with van der Waals surface area (Å²) >= 11 is 0. The monoisotopic (exact) mass is 828 g/mol. The molecule has 0 unspecified atom stereocenters. The lowest BCUT2D eigenvalue weighted by molar-refractivity contribution is -0.137. The predicted octanol–water partition coefficient (Wildman–Crippen LogP) is 5.07. The Labute approximate surface area is 336 Å². The van der Waals surface area contributed by atoms with Gasteiger partial charge in [0.05, 0.1) is 0 Å². The average molecular weight is 829 g/mol. The maximum absolute atomic E-state index is 13.1. The van der Waals surface area contributed by atoms with Crippen molar-refractivity contribution < 1.29 is 66.0 Å².